The molecule has 1 aliphatic carbocycles. The number of benzene rings is 1. The Kier molecular flexibility index (Phi) is 8.42. The van der Waals surface area contributed by atoms with Gasteiger partial charge in [-0.15, -0.1) is 0 Å². The van der Waals surface area contributed by atoms with E-state index in [9.17, 15) is 9.00 Å². The van der Waals surface area contributed by atoms with Gasteiger partial charge in [-0.3, -0.25) is 4.79 Å². The van der Waals surface area contributed by atoms with Crippen LogP contribution in [0.1, 0.15) is 44.1 Å². The fourth-order valence-corrected chi connectivity index (χ4v) is 3.52. The van der Waals surface area contributed by atoms with Gasteiger partial charge in [-0.25, -0.2) is 4.21 Å². The molecule has 0 saturated heterocycles. The van der Waals surface area contributed by atoms with Crippen molar-refractivity contribution in [2.75, 3.05) is 12.3 Å². The summed E-state index contributed by atoms with van der Waals surface area (Å²) in [6, 6.07) is 9.93. The van der Waals surface area contributed by atoms with E-state index in [-0.39, 0.29) is 23.7 Å². The normalized spacial score (nSPS) is 18.0. The summed E-state index contributed by atoms with van der Waals surface area (Å²) in [6.45, 7) is 0.557. The molecule has 0 bridgehead atoms. The van der Waals surface area contributed by atoms with E-state index in [1.807, 2.05) is 30.3 Å². The van der Waals surface area contributed by atoms with Crippen molar-refractivity contribution in [3.8, 4) is 0 Å². The largest absolute Gasteiger partial charge is 0.352 e. The second-order valence-electron chi connectivity index (χ2n) is 6.42. The molecular formula is C18H28N2O3S. The molecule has 134 valence electrons. The topological polar surface area (TPSA) is 78.4 Å². The number of carbonyl (C=O) groups excluding carboxylic acids is 1. The lowest BCUT2D eigenvalue weighted by Gasteiger charge is -2.26. The van der Waals surface area contributed by atoms with Crippen molar-refractivity contribution in [2.24, 2.45) is 0 Å². The summed E-state index contributed by atoms with van der Waals surface area (Å²) in [5.74, 6) is 0.269. The molecule has 1 amide bonds. The van der Waals surface area contributed by atoms with Crippen LogP contribution in [0.25, 0.3) is 0 Å². The van der Waals surface area contributed by atoms with Crippen LogP contribution >= 0.6 is 0 Å². The molecule has 1 saturated carbocycles. The molecule has 1 fully saturated rings. The van der Waals surface area contributed by atoms with Gasteiger partial charge >= 0.3 is 0 Å². The highest BCUT2D eigenvalue weighted by Gasteiger charge is 2.22. The number of amides is 1. The Morgan fingerprint density at radius 3 is 2.58 bits per heavy atom. The molecule has 24 heavy (non-hydrogen) atoms. The zero-order chi connectivity index (χ0) is 17.2. The van der Waals surface area contributed by atoms with Gasteiger partial charge < -0.3 is 15.2 Å². The number of nitrogens with one attached hydrogen (secondary N) is 2. The van der Waals surface area contributed by atoms with Crippen LogP contribution in [0, 0.1) is 0 Å². The van der Waals surface area contributed by atoms with Gasteiger partial charge in [0, 0.05) is 6.04 Å². The Morgan fingerprint density at radius 2 is 1.92 bits per heavy atom. The van der Waals surface area contributed by atoms with Gasteiger partial charge in [0.05, 0.1) is 11.8 Å². The maximum absolute atomic E-state index is 12.7. The molecule has 0 aromatic heterocycles. The van der Waals surface area contributed by atoms with Crippen molar-refractivity contribution in [3.05, 3.63) is 35.9 Å². The molecular weight excluding hydrogens is 324 g/mol. The van der Waals surface area contributed by atoms with Crippen molar-refractivity contribution >= 4 is 17.0 Å². The van der Waals surface area contributed by atoms with Crippen LogP contribution in [0.3, 0.4) is 0 Å². The van der Waals surface area contributed by atoms with Crippen LogP contribution < -0.4 is 10.6 Å². The number of hydrogen-bond acceptors (Lipinski definition) is 3. The Balaban J connectivity index is 1.89. The van der Waals surface area contributed by atoms with Crippen LogP contribution in [0.2, 0.25) is 0 Å². The Labute approximate surface area is 146 Å². The molecule has 1 aromatic rings. The van der Waals surface area contributed by atoms with E-state index in [0.717, 1.165) is 18.4 Å². The van der Waals surface area contributed by atoms with E-state index in [1.165, 1.54) is 19.3 Å². The van der Waals surface area contributed by atoms with Crippen molar-refractivity contribution in [1.29, 1.82) is 0 Å². The highest BCUT2D eigenvalue weighted by molar-refractivity contribution is 7.79. The third-order valence-electron chi connectivity index (χ3n) is 4.44. The third-order valence-corrected chi connectivity index (χ3v) is 5.08. The molecule has 1 aliphatic rings. The molecule has 0 heterocycles. The molecule has 6 heteroatoms. The summed E-state index contributed by atoms with van der Waals surface area (Å²) in [7, 11) is 0. The zero-order valence-electron chi connectivity index (χ0n) is 14.1. The predicted octanol–water partition coefficient (Wildman–Crippen LogP) is 2.25. The monoisotopic (exact) mass is 352 g/mol. The standard InChI is InChI=1S/C18H28N2O3S/c21-18(20-16-10-5-2-6-11-16)17(19-12-7-13-24(22)23)14-15-8-3-1-4-9-15/h1,3-4,8-9,16-17,19H,2,5-7,10-14H2,(H,20,21)(H,22,23). The molecule has 1 aromatic carbocycles. The molecule has 3 N–H and O–H groups in total. The zero-order valence-corrected chi connectivity index (χ0v) is 14.9. The minimum absolute atomic E-state index is 0.0378. The van der Waals surface area contributed by atoms with Crippen molar-refractivity contribution in [1.82, 2.24) is 10.6 Å². The van der Waals surface area contributed by atoms with Gasteiger partial charge in [-0.1, -0.05) is 49.6 Å². The third kappa shape index (κ3) is 7.11. The average molecular weight is 353 g/mol. The Bertz CT molecular complexity index is 518. The van der Waals surface area contributed by atoms with Crippen LogP contribution in [0.5, 0.6) is 0 Å². The quantitative estimate of drug-likeness (QED) is 0.470. The summed E-state index contributed by atoms with van der Waals surface area (Å²) in [5, 5.41) is 6.43. The molecule has 5 nitrogen and oxygen atoms in total. The molecule has 2 rings (SSSR count). The van der Waals surface area contributed by atoms with Gasteiger partial charge in [-0.05, 0) is 37.8 Å². The minimum atomic E-state index is -1.78. The Hall–Kier alpha value is -1.24. The lowest BCUT2D eigenvalue weighted by atomic mass is 9.95. The van der Waals surface area contributed by atoms with E-state index < -0.39 is 11.1 Å². The maximum atomic E-state index is 12.7. The first-order valence-electron chi connectivity index (χ1n) is 8.80. The molecule has 0 aliphatic heterocycles. The highest BCUT2D eigenvalue weighted by atomic mass is 32.2. The van der Waals surface area contributed by atoms with E-state index >= 15 is 0 Å². The number of hydrogen-bond donors (Lipinski definition) is 3. The predicted molar refractivity (Wildman–Crippen MR) is 97.2 cm³/mol. The summed E-state index contributed by atoms with van der Waals surface area (Å²) in [6.07, 6.45) is 6.96. The van der Waals surface area contributed by atoms with Crippen molar-refractivity contribution in [2.45, 2.75) is 57.0 Å². The van der Waals surface area contributed by atoms with Gasteiger partial charge in [0.15, 0.2) is 11.1 Å². The lowest BCUT2D eigenvalue weighted by Crippen LogP contribution is -2.49. The fourth-order valence-electron chi connectivity index (χ4n) is 3.13. The van der Waals surface area contributed by atoms with Gasteiger partial charge in [0.1, 0.15) is 0 Å². The maximum Gasteiger partial charge on any atom is 0.237 e. The molecule has 2 atom stereocenters. The summed E-state index contributed by atoms with van der Waals surface area (Å²) < 4.78 is 19.6. The first kappa shape index (κ1) is 19.1. The molecule has 0 spiro atoms. The first-order chi connectivity index (χ1) is 11.6. The number of carbonyl (C=O) groups is 1. The van der Waals surface area contributed by atoms with Gasteiger partial charge in [0.25, 0.3) is 0 Å². The van der Waals surface area contributed by atoms with E-state index in [4.69, 9.17) is 4.55 Å². The SMILES string of the molecule is O=C(NC1CCCCC1)C(Cc1ccccc1)NCCCS(=O)O. The summed E-state index contributed by atoms with van der Waals surface area (Å²) >= 11 is -1.78. The van der Waals surface area contributed by atoms with Crippen molar-refractivity contribution < 1.29 is 13.6 Å². The highest BCUT2D eigenvalue weighted by Crippen LogP contribution is 2.17. The fraction of sp³-hybridized carbons (Fsp3) is 0.611. The summed E-state index contributed by atoms with van der Waals surface area (Å²) in [4.78, 5) is 12.7. The second-order valence-corrected chi connectivity index (χ2v) is 7.47. The average Bonchev–Trinajstić information content (AvgIpc) is 2.59. The van der Waals surface area contributed by atoms with E-state index in [0.29, 0.717) is 19.4 Å². The van der Waals surface area contributed by atoms with E-state index in [2.05, 4.69) is 10.6 Å². The van der Waals surface area contributed by atoms with Gasteiger partial charge in [0.2, 0.25) is 5.91 Å². The minimum Gasteiger partial charge on any atom is -0.352 e. The smallest absolute Gasteiger partial charge is 0.237 e. The van der Waals surface area contributed by atoms with Crippen LogP contribution in [0.4, 0.5) is 0 Å². The van der Waals surface area contributed by atoms with Crippen LogP contribution in [-0.2, 0) is 22.3 Å². The lowest BCUT2D eigenvalue weighted by molar-refractivity contribution is -0.124. The van der Waals surface area contributed by atoms with E-state index in [1.54, 1.807) is 0 Å². The van der Waals surface area contributed by atoms with Crippen molar-refractivity contribution in [3.63, 3.8) is 0 Å². The number of rotatable bonds is 9. The van der Waals surface area contributed by atoms with Crippen LogP contribution in [0.15, 0.2) is 30.3 Å². The second kappa shape index (κ2) is 10.6. The van der Waals surface area contributed by atoms with Crippen LogP contribution in [-0.4, -0.2) is 39.1 Å². The summed E-state index contributed by atoms with van der Waals surface area (Å²) in [5.41, 5.74) is 1.11. The first-order valence-corrected chi connectivity index (χ1v) is 10.1. The molecule has 2 unspecified atom stereocenters. The van der Waals surface area contributed by atoms with Gasteiger partial charge in [-0.2, -0.15) is 0 Å². The molecule has 0 radical (unpaired) electrons. The Morgan fingerprint density at radius 1 is 1.21 bits per heavy atom.